The molecule has 1 heterocycles. The summed E-state index contributed by atoms with van der Waals surface area (Å²) in [6.07, 6.45) is 5.10. The van der Waals surface area contributed by atoms with Gasteiger partial charge in [0.15, 0.2) is 0 Å². The Morgan fingerprint density at radius 3 is 2.00 bits per heavy atom. The molecule has 0 unspecified atom stereocenters. The molecule has 1 aromatic rings. The Balaban J connectivity index is 0. The number of hydrogen-bond acceptors (Lipinski definition) is 2. The van der Waals surface area contributed by atoms with Crippen molar-refractivity contribution >= 4 is 0 Å². The molecule has 0 fully saturated rings. The summed E-state index contributed by atoms with van der Waals surface area (Å²) in [5.41, 5.74) is 0. The van der Waals surface area contributed by atoms with Gasteiger partial charge in [0.1, 0.15) is 0 Å². The van der Waals surface area contributed by atoms with Crippen molar-refractivity contribution in [3.63, 3.8) is 0 Å². The fourth-order valence-electron chi connectivity index (χ4n) is 0.225. The van der Waals surface area contributed by atoms with Crippen LogP contribution in [0.1, 0.15) is 13.8 Å². The molecule has 53 valence electrons. The van der Waals surface area contributed by atoms with Gasteiger partial charge in [0.25, 0.3) is 0 Å². The van der Waals surface area contributed by atoms with Gasteiger partial charge in [-0.1, -0.05) is 0 Å². The van der Waals surface area contributed by atoms with E-state index < -0.39 is 0 Å². The van der Waals surface area contributed by atoms with Crippen LogP contribution in [0.2, 0.25) is 0 Å². The average molecular weight is 173 g/mol. The zero-order valence-electron chi connectivity index (χ0n) is 6.15. The van der Waals surface area contributed by atoms with Crippen molar-refractivity contribution < 1.29 is 18.6 Å². The third-order valence-electron chi connectivity index (χ3n) is 0.436. The predicted octanol–water partition coefficient (Wildman–Crippen LogP) is 1.50. The Morgan fingerprint density at radius 1 is 1.30 bits per heavy atom. The summed E-state index contributed by atoms with van der Waals surface area (Å²) in [7, 11) is 0. The van der Waals surface area contributed by atoms with E-state index in [1.54, 1.807) is 12.3 Å². The summed E-state index contributed by atoms with van der Waals surface area (Å²) in [4.78, 5) is 0. The number of nitrogens with zero attached hydrogens (tertiary/aromatic N) is 2. The van der Waals surface area contributed by atoms with Crippen LogP contribution < -0.4 is 0 Å². The maximum absolute atomic E-state index is 3.50. The fourth-order valence-corrected chi connectivity index (χ4v) is 0.225. The summed E-state index contributed by atoms with van der Waals surface area (Å²) in [5.74, 6) is 0. The SMILES string of the molecule is C[CH-]C.[V+2].[c-]1ccnnc1. The molecule has 0 aliphatic carbocycles. The van der Waals surface area contributed by atoms with Crippen LogP contribution in [-0.2, 0) is 18.6 Å². The minimum Gasteiger partial charge on any atom is -0.335 e. The zero-order valence-corrected chi connectivity index (χ0v) is 7.55. The summed E-state index contributed by atoms with van der Waals surface area (Å²) in [6, 6.07) is 4.42. The summed E-state index contributed by atoms with van der Waals surface area (Å²) < 4.78 is 0. The molecule has 1 rings (SSSR count). The van der Waals surface area contributed by atoms with E-state index in [-0.39, 0.29) is 18.6 Å². The first-order valence-corrected chi connectivity index (χ1v) is 2.78. The Morgan fingerprint density at radius 2 is 1.90 bits per heavy atom. The molecule has 0 aromatic carbocycles. The van der Waals surface area contributed by atoms with Gasteiger partial charge >= 0.3 is 18.6 Å². The van der Waals surface area contributed by atoms with E-state index in [1.807, 2.05) is 20.3 Å². The van der Waals surface area contributed by atoms with Crippen LogP contribution in [0.25, 0.3) is 0 Å². The molecule has 0 N–H and O–H groups in total. The van der Waals surface area contributed by atoms with Crippen LogP contribution in [0.15, 0.2) is 18.5 Å². The summed E-state index contributed by atoms with van der Waals surface area (Å²) >= 11 is 0. The van der Waals surface area contributed by atoms with E-state index in [0.29, 0.717) is 0 Å². The van der Waals surface area contributed by atoms with Crippen LogP contribution in [0.3, 0.4) is 0 Å². The van der Waals surface area contributed by atoms with Crippen LogP contribution in [0.5, 0.6) is 0 Å². The average Bonchev–Trinajstić information content (AvgIpc) is 1.93. The van der Waals surface area contributed by atoms with Gasteiger partial charge in [0, 0.05) is 0 Å². The van der Waals surface area contributed by atoms with E-state index in [4.69, 9.17) is 0 Å². The minimum atomic E-state index is 0. The second-order valence-corrected chi connectivity index (χ2v) is 1.42. The van der Waals surface area contributed by atoms with Crippen molar-refractivity contribution in [1.82, 2.24) is 10.2 Å². The van der Waals surface area contributed by atoms with Crippen molar-refractivity contribution in [2.45, 2.75) is 13.8 Å². The molecular weight excluding hydrogens is 163 g/mol. The first-order valence-electron chi connectivity index (χ1n) is 2.78. The standard InChI is InChI=1S/C4H3N2.C3H7.V/c1-2-4-6-5-3-1;1-3-2;/h1,3-4H;3H,1-2H3;/q2*-1;+2. The van der Waals surface area contributed by atoms with Gasteiger partial charge in [0.2, 0.25) is 0 Å². The van der Waals surface area contributed by atoms with Gasteiger partial charge < -0.3 is 6.42 Å². The third-order valence-corrected chi connectivity index (χ3v) is 0.436. The van der Waals surface area contributed by atoms with E-state index in [0.717, 1.165) is 0 Å². The molecule has 0 spiro atoms. The molecular formula is C7H10N2V. The monoisotopic (exact) mass is 173 g/mol. The first-order chi connectivity index (χ1) is 4.41. The Bertz CT molecular complexity index is 94.5. The van der Waals surface area contributed by atoms with Gasteiger partial charge in [-0.05, 0) is 6.20 Å². The maximum atomic E-state index is 3.50. The Labute approximate surface area is 73.9 Å². The molecule has 0 amide bonds. The molecule has 3 heteroatoms. The Hall–Kier alpha value is -0.336. The van der Waals surface area contributed by atoms with Crippen molar-refractivity contribution in [1.29, 1.82) is 0 Å². The molecule has 0 atom stereocenters. The molecule has 2 nitrogen and oxygen atoms in total. The van der Waals surface area contributed by atoms with Gasteiger partial charge in [-0.3, -0.25) is 5.10 Å². The predicted molar refractivity (Wildman–Crippen MR) is 36.5 cm³/mol. The fraction of sp³-hybridized carbons (Fsp3) is 0.286. The van der Waals surface area contributed by atoms with Gasteiger partial charge in [-0.25, -0.2) is 12.1 Å². The third kappa shape index (κ3) is 10.6. The minimum absolute atomic E-state index is 0. The maximum Gasteiger partial charge on any atom is 2.00 e. The zero-order chi connectivity index (χ0) is 6.95. The number of rotatable bonds is 0. The second-order valence-electron chi connectivity index (χ2n) is 1.42. The molecule has 1 radical (unpaired) electrons. The van der Waals surface area contributed by atoms with E-state index in [1.165, 1.54) is 6.20 Å². The van der Waals surface area contributed by atoms with Crippen LogP contribution in [0.4, 0.5) is 0 Å². The summed E-state index contributed by atoms with van der Waals surface area (Å²) in [5, 5.41) is 6.98. The van der Waals surface area contributed by atoms with Crippen molar-refractivity contribution in [2.24, 2.45) is 0 Å². The van der Waals surface area contributed by atoms with Crippen LogP contribution in [0, 0.1) is 12.5 Å². The largest absolute Gasteiger partial charge is 2.00 e. The normalized spacial score (nSPS) is 6.60. The van der Waals surface area contributed by atoms with E-state index >= 15 is 0 Å². The molecule has 10 heavy (non-hydrogen) atoms. The van der Waals surface area contributed by atoms with E-state index in [2.05, 4.69) is 16.3 Å². The topological polar surface area (TPSA) is 25.8 Å². The molecule has 0 bridgehead atoms. The number of aromatic nitrogens is 2. The Kier molecular flexibility index (Phi) is 14.2. The van der Waals surface area contributed by atoms with Gasteiger partial charge in [-0.15, -0.1) is 6.20 Å². The van der Waals surface area contributed by atoms with Crippen LogP contribution in [-0.4, -0.2) is 10.2 Å². The van der Waals surface area contributed by atoms with Gasteiger partial charge in [-0.2, -0.15) is 18.9 Å². The summed E-state index contributed by atoms with van der Waals surface area (Å²) in [6.45, 7) is 4.00. The number of hydrogen-bond donors (Lipinski definition) is 0. The first kappa shape index (κ1) is 12.4. The van der Waals surface area contributed by atoms with Gasteiger partial charge in [0.05, 0.1) is 0 Å². The molecule has 0 aliphatic heterocycles. The van der Waals surface area contributed by atoms with Crippen molar-refractivity contribution in [3.8, 4) is 0 Å². The van der Waals surface area contributed by atoms with Crippen molar-refractivity contribution in [2.75, 3.05) is 0 Å². The molecule has 0 saturated heterocycles. The smallest absolute Gasteiger partial charge is 0.335 e. The van der Waals surface area contributed by atoms with Crippen molar-refractivity contribution in [3.05, 3.63) is 30.9 Å². The molecule has 0 aliphatic rings. The molecule has 0 saturated carbocycles. The quantitative estimate of drug-likeness (QED) is 0.555. The van der Waals surface area contributed by atoms with E-state index in [9.17, 15) is 0 Å². The molecule has 1 aromatic heterocycles. The van der Waals surface area contributed by atoms with Crippen LogP contribution >= 0.6 is 0 Å². The second kappa shape index (κ2) is 11.5.